The summed E-state index contributed by atoms with van der Waals surface area (Å²) in [5.41, 5.74) is 6.82. The first-order valence-corrected chi connectivity index (χ1v) is 5.36. The first kappa shape index (κ1) is 12.0. The fourth-order valence-electron chi connectivity index (χ4n) is 1.33. The smallest absolute Gasteiger partial charge is 0.119 e. The molecule has 3 heteroatoms. The Morgan fingerprint density at radius 1 is 1.27 bits per heavy atom. The molecule has 0 unspecified atom stereocenters. The zero-order chi connectivity index (χ0) is 11.1. The molecule has 0 bridgehead atoms. The highest BCUT2D eigenvalue weighted by atomic mass is 16.5. The fourth-order valence-corrected chi connectivity index (χ4v) is 1.33. The fraction of sp³-hybridized carbons (Fsp3) is 0.500. The van der Waals surface area contributed by atoms with Crippen LogP contribution < -0.4 is 10.5 Å². The number of benzene rings is 1. The molecule has 0 spiro atoms. The van der Waals surface area contributed by atoms with Gasteiger partial charge in [-0.1, -0.05) is 12.1 Å². The molecule has 2 N–H and O–H groups in total. The number of likely N-dealkylation sites (N-methyl/N-ethyl adjacent to an activating group) is 1. The van der Waals surface area contributed by atoms with Crippen molar-refractivity contribution < 1.29 is 4.74 Å². The van der Waals surface area contributed by atoms with Crippen LogP contribution in [0.1, 0.15) is 12.5 Å². The third kappa shape index (κ3) is 4.32. The van der Waals surface area contributed by atoms with Crippen LogP contribution in [-0.2, 0) is 6.42 Å². The minimum absolute atomic E-state index is 0.608. The molecule has 0 atom stereocenters. The topological polar surface area (TPSA) is 38.5 Å². The lowest BCUT2D eigenvalue weighted by Gasteiger charge is -2.13. The average Bonchev–Trinajstić information content (AvgIpc) is 2.28. The summed E-state index contributed by atoms with van der Waals surface area (Å²) >= 11 is 0. The van der Waals surface area contributed by atoms with Crippen molar-refractivity contribution in [2.24, 2.45) is 5.73 Å². The molecule has 0 fully saturated rings. The predicted molar refractivity (Wildman–Crippen MR) is 63.0 cm³/mol. The number of hydrogen-bond donors (Lipinski definition) is 1. The normalized spacial score (nSPS) is 10.7. The highest BCUT2D eigenvalue weighted by Crippen LogP contribution is 2.12. The maximum Gasteiger partial charge on any atom is 0.119 e. The molecule has 1 rings (SSSR count). The highest BCUT2D eigenvalue weighted by Gasteiger charge is 1.97. The van der Waals surface area contributed by atoms with Gasteiger partial charge in [-0.25, -0.2) is 0 Å². The second-order valence-corrected chi connectivity index (χ2v) is 3.59. The van der Waals surface area contributed by atoms with Crippen LogP contribution in [0.3, 0.4) is 0 Å². The van der Waals surface area contributed by atoms with Crippen LogP contribution in [0.4, 0.5) is 0 Å². The molecule has 3 nitrogen and oxygen atoms in total. The Hall–Kier alpha value is -1.06. The second kappa shape index (κ2) is 6.43. The lowest BCUT2D eigenvalue weighted by Crippen LogP contribution is -2.27. The molecule has 0 amide bonds. The van der Waals surface area contributed by atoms with Crippen molar-refractivity contribution in [3.05, 3.63) is 29.8 Å². The van der Waals surface area contributed by atoms with Gasteiger partial charge >= 0.3 is 0 Å². The van der Waals surface area contributed by atoms with Gasteiger partial charge in [0.25, 0.3) is 0 Å². The largest absolute Gasteiger partial charge is 0.494 e. The van der Waals surface area contributed by atoms with Gasteiger partial charge in [0.15, 0.2) is 0 Å². The van der Waals surface area contributed by atoms with Crippen molar-refractivity contribution in [2.45, 2.75) is 13.3 Å². The standard InChI is InChI=1S/C12H20N2O/c1-3-15-12-6-4-11(5-7-12)8-9-14(2)10-13/h4-7H,3,8-10,13H2,1-2H3. The minimum atomic E-state index is 0.608. The number of hydrogen-bond acceptors (Lipinski definition) is 3. The highest BCUT2D eigenvalue weighted by molar-refractivity contribution is 5.27. The van der Waals surface area contributed by atoms with Gasteiger partial charge in [0.2, 0.25) is 0 Å². The van der Waals surface area contributed by atoms with Crippen molar-refractivity contribution in [3.63, 3.8) is 0 Å². The first-order valence-electron chi connectivity index (χ1n) is 5.36. The van der Waals surface area contributed by atoms with Crippen LogP contribution >= 0.6 is 0 Å². The third-order valence-electron chi connectivity index (χ3n) is 2.33. The Morgan fingerprint density at radius 2 is 1.93 bits per heavy atom. The lowest BCUT2D eigenvalue weighted by molar-refractivity contribution is 0.339. The summed E-state index contributed by atoms with van der Waals surface area (Å²) in [5.74, 6) is 0.938. The molecule has 1 aromatic carbocycles. The maximum absolute atomic E-state index is 5.51. The molecule has 0 radical (unpaired) electrons. The molecule has 15 heavy (non-hydrogen) atoms. The number of nitrogens with two attached hydrogens (primary N) is 1. The summed E-state index contributed by atoms with van der Waals surface area (Å²) < 4.78 is 5.38. The summed E-state index contributed by atoms with van der Waals surface area (Å²) in [6.07, 6.45) is 1.03. The van der Waals surface area contributed by atoms with Crippen LogP contribution in [0.5, 0.6) is 5.75 Å². The van der Waals surface area contributed by atoms with Gasteiger partial charge in [0, 0.05) is 13.2 Å². The molecule has 0 aromatic heterocycles. The molecular weight excluding hydrogens is 188 g/mol. The van der Waals surface area contributed by atoms with Crippen LogP contribution in [0.25, 0.3) is 0 Å². The van der Waals surface area contributed by atoms with E-state index in [1.54, 1.807) is 0 Å². The van der Waals surface area contributed by atoms with Crippen molar-refractivity contribution in [1.29, 1.82) is 0 Å². The van der Waals surface area contributed by atoms with Crippen molar-refractivity contribution in [2.75, 3.05) is 26.9 Å². The Morgan fingerprint density at radius 3 is 2.47 bits per heavy atom. The van der Waals surface area contributed by atoms with E-state index in [1.807, 2.05) is 26.1 Å². The van der Waals surface area contributed by atoms with Gasteiger partial charge in [0.1, 0.15) is 5.75 Å². The Kier molecular flexibility index (Phi) is 5.15. The van der Waals surface area contributed by atoms with Gasteiger partial charge in [-0.2, -0.15) is 0 Å². The number of nitrogens with zero attached hydrogens (tertiary/aromatic N) is 1. The zero-order valence-electron chi connectivity index (χ0n) is 9.57. The Balaban J connectivity index is 2.42. The molecular formula is C12H20N2O. The summed E-state index contributed by atoms with van der Waals surface area (Å²) in [6.45, 7) is 4.31. The van der Waals surface area contributed by atoms with Crippen molar-refractivity contribution in [3.8, 4) is 5.75 Å². The van der Waals surface area contributed by atoms with Crippen LogP contribution in [0.2, 0.25) is 0 Å². The van der Waals surface area contributed by atoms with E-state index < -0.39 is 0 Å². The SMILES string of the molecule is CCOc1ccc(CCN(C)CN)cc1. The van der Waals surface area contributed by atoms with Crippen molar-refractivity contribution >= 4 is 0 Å². The molecule has 0 saturated carbocycles. The van der Waals surface area contributed by atoms with E-state index in [-0.39, 0.29) is 0 Å². The number of rotatable bonds is 6. The predicted octanol–water partition coefficient (Wildman–Crippen LogP) is 1.48. The van der Waals surface area contributed by atoms with Gasteiger partial charge in [-0.3, -0.25) is 4.90 Å². The monoisotopic (exact) mass is 208 g/mol. The molecule has 0 aliphatic heterocycles. The minimum Gasteiger partial charge on any atom is -0.494 e. The van der Waals surface area contributed by atoms with Gasteiger partial charge in [-0.05, 0) is 38.1 Å². The summed E-state index contributed by atoms with van der Waals surface area (Å²) in [4.78, 5) is 2.09. The zero-order valence-corrected chi connectivity index (χ0v) is 9.57. The van der Waals surface area contributed by atoms with Crippen molar-refractivity contribution in [1.82, 2.24) is 4.90 Å². The van der Waals surface area contributed by atoms with Gasteiger partial charge in [0.05, 0.1) is 6.61 Å². The van der Waals surface area contributed by atoms with Gasteiger partial charge in [-0.15, -0.1) is 0 Å². The van der Waals surface area contributed by atoms with E-state index in [2.05, 4.69) is 17.0 Å². The molecule has 84 valence electrons. The summed E-state index contributed by atoms with van der Waals surface area (Å²) in [7, 11) is 2.02. The molecule has 0 heterocycles. The second-order valence-electron chi connectivity index (χ2n) is 3.59. The van der Waals surface area contributed by atoms with Crippen LogP contribution in [0, 0.1) is 0 Å². The van der Waals surface area contributed by atoms with E-state index in [0.29, 0.717) is 6.67 Å². The summed E-state index contributed by atoms with van der Waals surface area (Å²) in [5, 5.41) is 0. The van der Waals surface area contributed by atoms with E-state index in [4.69, 9.17) is 10.5 Å². The molecule has 0 saturated heterocycles. The lowest BCUT2D eigenvalue weighted by atomic mass is 10.1. The third-order valence-corrected chi connectivity index (χ3v) is 2.33. The van der Waals surface area contributed by atoms with E-state index in [1.165, 1.54) is 5.56 Å². The summed E-state index contributed by atoms with van der Waals surface area (Å²) in [6, 6.07) is 8.24. The van der Waals surface area contributed by atoms with Crippen LogP contribution in [-0.4, -0.2) is 31.8 Å². The van der Waals surface area contributed by atoms with Gasteiger partial charge < -0.3 is 10.5 Å². The first-order chi connectivity index (χ1) is 7.26. The Bertz CT molecular complexity index is 271. The molecule has 1 aromatic rings. The van der Waals surface area contributed by atoms with E-state index in [9.17, 15) is 0 Å². The maximum atomic E-state index is 5.51. The van der Waals surface area contributed by atoms with E-state index >= 15 is 0 Å². The van der Waals surface area contributed by atoms with E-state index in [0.717, 1.165) is 25.3 Å². The molecule has 0 aliphatic rings. The average molecular weight is 208 g/mol. The molecule has 0 aliphatic carbocycles. The number of ether oxygens (including phenoxy) is 1. The quantitative estimate of drug-likeness (QED) is 0.720. The van der Waals surface area contributed by atoms with Crippen LogP contribution in [0.15, 0.2) is 24.3 Å². The Labute approximate surface area is 91.8 Å².